The van der Waals surface area contributed by atoms with Crippen molar-refractivity contribution in [2.24, 2.45) is 4.40 Å². The minimum atomic E-state index is -1.37. The second kappa shape index (κ2) is 6.20. The molecule has 0 aromatic heterocycles. The minimum Gasteiger partial charge on any atom is -0.465 e. The monoisotopic (exact) mass is 322 g/mol. The molecular formula is C16H22N2O3S. The van der Waals surface area contributed by atoms with E-state index < -0.39 is 27.4 Å². The second-order valence-electron chi connectivity index (χ2n) is 6.55. The molecule has 6 heteroatoms. The first-order valence-electron chi connectivity index (χ1n) is 7.26. The molecule has 1 fully saturated rings. The molecular weight excluding hydrogens is 300 g/mol. The van der Waals surface area contributed by atoms with E-state index in [1.54, 1.807) is 6.21 Å². The lowest BCUT2D eigenvalue weighted by atomic mass is 10.1. The van der Waals surface area contributed by atoms with Crippen LogP contribution in [0.1, 0.15) is 39.2 Å². The van der Waals surface area contributed by atoms with E-state index in [2.05, 4.69) is 4.40 Å². The zero-order chi connectivity index (χ0) is 16.4. The largest absolute Gasteiger partial charge is 0.465 e. The summed E-state index contributed by atoms with van der Waals surface area (Å²) in [5, 5.41) is 9.52. The van der Waals surface area contributed by atoms with Gasteiger partial charge in [0.2, 0.25) is 0 Å². The smallest absolute Gasteiger partial charge is 0.408 e. The number of hydrogen-bond acceptors (Lipinski definition) is 2. The molecule has 1 aromatic rings. The predicted octanol–water partition coefficient (Wildman–Crippen LogP) is 3.23. The molecule has 5 nitrogen and oxygen atoms in total. The Balaban J connectivity index is 2.16. The number of carbonyl (C=O) groups is 1. The fourth-order valence-corrected chi connectivity index (χ4v) is 2.69. The topological polar surface area (TPSA) is 70.0 Å². The third-order valence-electron chi connectivity index (χ3n) is 3.63. The summed E-state index contributed by atoms with van der Waals surface area (Å²) in [6, 6.07) is 9.47. The Bertz CT molecular complexity index is 589. The highest BCUT2D eigenvalue weighted by Gasteiger charge is 2.49. The lowest BCUT2D eigenvalue weighted by Gasteiger charge is -2.26. The summed E-state index contributed by atoms with van der Waals surface area (Å²) in [5.41, 5.74) is 0.323. The van der Waals surface area contributed by atoms with Gasteiger partial charge in [-0.3, -0.25) is 4.90 Å². The molecule has 1 aliphatic rings. The molecule has 2 rings (SSSR count). The van der Waals surface area contributed by atoms with Crippen molar-refractivity contribution in [3.63, 3.8) is 0 Å². The highest BCUT2D eigenvalue weighted by Crippen LogP contribution is 2.41. The van der Waals surface area contributed by atoms with Crippen molar-refractivity contribution < 1.29 is 14.1 Å². The fourth-order valence-electron chi connectivity index (χ4n) is 2.08. The van der Waals surface area contributed by atoms with Crippen molar-refractivity contribution in [1.29, 1.82) is 0 Å². The average molecular weight is 322 g/mol. The van der Waals surface area contributed by atoms with Gasteiger partial charge in [0.25, 0.3) is 0 Å². The molecule has 120 valence electrons. The van der Waals surface area contributed by atoms with Crippen LogP contribution >= 0.6 is 0 Å². The van der Waals surface area contributed by atoms with Crippen molar-refractivity contribution in [1.82, 2.24) is 4.90 Å². The van der Waals surface area contributed by atoms with Gasteiger partial charge in [-0.1, -0.05) is 30.3 Å². The Labute approximate surface area is 133 Å². The summed E-state index contributed by atoms with van der Waals surface area (Å²) in [6.07, 6.45) is 2.04. The first kappa shape index (κ1) is 16.7. The standard InChI is InChI=1S/C16H22N2O3S/c1-15(2,3)22(21)17-12-16(9-10-16)18(14(19)20)11-13-7-5-4-6-8-13/h4-8,12H,9-11H2,1-3H3,(H,19,20). The van der Waals surface area contributed by atoms with Crippen LogP contribution in [0.15, 0.2) is 34.7 Å². The number of amides is 1. The third-order valence-corrected chi connectivity index (χ3v) is 4.97. The molecule has 0 heterocycles. The van der Waals surface area contributed by atoms with Crippen LogP contribution in [0, 0.1) is 0 Å². The highest BCUT2D eigenvalue weighted by atomic mass is 32.2. The van der Waals surface area contributed by atoms with Crippen LogP contribution in [-0.4, -0.2) is 36.8 Å². The van der Waals surface area contributed by atoms with Gasteiger partial charge in [0.05, 0.1) is 10.3 Å². The summed E-state index contributed by atoms with van der Waals surface area (Å²) in [5.74, 6) is 0. The van der Waals surface area contributed by atoms with E-state index in [0.717, 1.165) is 18.4 Å². The SMILES string of the molecule is CC(C)(C)S(=O)N=CC1(N(Cc2ccccc2)C(=O)O)CC1. The molecule has 1 atom stereocenters. The maximum atomic E-state index is 12.0. The van der Waals surface area contributed by atoms with Crippen molar-refractivity contribution in [3.8, 4) is 0 Å². The van der Waals surface area contributed by atoms with Crippen LogP contribution in [0.2, 0.25) is 0 Å². The van der Waals surface area contributed by atoms with Gasteiger partial charge in [-0.05, 0) is 39.2 Å². The maximum Gasteiger partial charge on any atom is 0.408 e. The molecule has 1 saturated carbocycles. The number of benzene rings is 1. The van der Waals surface area contributed by atoms with Crippen molar-refractivity contribution >= 4 is 23.3 Å². The first-order valence-corrected chi connectivity index (χ1v) is 8.37. The van der Waals surface area contributed by atoms with Crippen LogP contribution in [0.5, 0.6) is 0 Å². The zero-order valence-corrected chi connectivity index (χ0v) is 14.0. The molecule has 0 radical (unpaired) electrons. The van der Waals surface area contributed by atoms with Gasteiger partial charge in [-0.25, -0.2) is 9.00 Å². The van der Waals surface area contributed by atoms with Gasteiger partial charge >= 0.3 is 6.09 Å². The molecule has 1 N–H and O–H groups in total. The molecule has 0 bridgehead atoms. The van der Waals surface area contributed by atoms with Gasteiger partial charge in [-0.15, -0.1) is 0 Å². The highest BCUT2D eigenvalue weighted by molar-refractivity contribution is 7.85. The normalized spacial score (nSPS) is 18.1. The average Bonchev–Trinajstić information content (AvgIpc) is 3.23. The molecule has 0 spiro atoms. The van der Waals surface area contributed by atoms with E-state index >= 15 is 0 Å². The lowest BCUT2D eigenvalue weighted by molar-refractivity contribution is 0.130. The van der Waals surface area contributed by atoms with Gasteiger partial charge in [0.1, 0.15) is 11.0 Å². The van der Waals surface area contributed by atoms with E-state index in [4.69, 9.17) is 0 Å². The van der Waals surface area contributed by atoms with Crippen LogP contribution in [-0.2, 0) is 17.5 Å². The molecule has 22 heavy (non-hydrogen) atoms. The van der Waals surface area contributed by atoms with Crippen LogP contribution in [0.3, 0.4) is 0 Å². The molecule has 0 aliphatic heterocycles. The Morgan fingerprint density at radius 1 is 1.36 bits per heavy atom. The Hall–Kier alpha value is -1.69. The predicted molar refractivity (Wildman–Crippen MR) is 88.4 cm³/mol. The molecule has 1 amide bonds. The van der Waals surface area contributed by atoms with Crippen molar-refractivity contribution in [2.75, 3.05) is 0 Å². The van der Waals surface area contributed by atoms with Crippen LogP contribution in [0.25, 0.3) is 0 Å². The lowest BCUT2D eigenvalue weighted by Crippen LogP contribution is -2.42. The van der Waals surface area contributed by atoms with E-state index in [-0.39, 0.29) is 0 Å². The Morgan fingerprint density at radius 2 is 1.95 bits per heavy atom. The van der Waals surface area contributed by atoms with Crippen molar-refractivity contribution in [2.45, 2.75) is 50.4 Å². The van der Waals surface area contributed by atoms with Gasteiger partial charge in [0, 0.05) is 12.8 Å². The summed E-state index contributed by atoms with van der Waals surface area (Å²) in [6.45, 7) is 5.85. The minimum absolute atomic E-state index is 0.310. The maximum absolute atomic E-state index is 12.0. The van der Waals surface area contributed by atoms with E-state index in [0.29, 0.717) is 6.54 Å². The fraction of sp³-hybridized carbons (Fsp3) is 0.500. The first-order chi connectivity index (χ1) is 10.2. The number of rotatable bonds is 5. The summed E-state index contributed by atoms with van der Waals surface area (Å²) in [7, 11) is -1.37. The Morgan fingerprint density at radius 3 is 2.41 bits per heavy atom. The van der Waals surface area contributed by atoms with E-state index in [1.807, 2.05) is 51.1 Å². The van der Waals surface area contributed by atoms with Gasteiger partial charge in [0.15, 0.2) is 0 Å². The number of nitrogens with zero attached hydrogens (tertiary/aromatic N) is 2. The van der Waals surface area contributed by atoms with Crippen LogP contribution in [0.4, 0.5) is 4.79 Å². The molecule has 1 unspecified atom stereocenters. The van der Waals surface area contributed by atoms with Crippen LogP contribution < -0.4 is 0 Å². The summed E-state index contributed by atoms with van der Waals surface area (Å²) < 4.78 is 15.7. The molecule has 0 saturated heterocycles. The Kier molecular flexibility index (Phi) is 4.70. The molecule has 1 aromatic carbocycles. The summed E-state index contributed by atoms with van der Waals surface area (Å²) >= 11 is 0. The van der Waals surface area contributed by atoms with E-state index in [1.165, 1.54) is 4.90 Å². The summed E-state index contributed by atoms with van der Waals surface area (Å²) in [4.78, 5) is 13.0. The zero-order valence-electron chi connectivity index (χ0n) is 13.2. The molecule has 1 aliphatic carbocycles. The van der Waals surface area contributed by atoms with Crippen molar-refractivity contribution in [3.05, 3.63) is 35.9 Å². The second-order valence-corrected chi connectivity index (χ2v) is 8.49. The van der Waals surface area contributed by atoms with E-state index in [9.17, 15) is 14.1 Å². The quantitative estimate of drug-likeness (QED) is 0.846. The van der Waals surface area contributed by atoms with Gasteiger partial charge < -0.3 is 5.11 Å². The van der Waals surface area contributed by atoms with Gasteiger partial charge in [-0.2, -0.15) is 4.40 Å². The number of hydrogen-bond donors (Lipinski definition) is 1. The number of carboxylic acid groups (broad SMARTS) is 1. The third kappa shape index (κ3) is 3.94.